The lowest BCUT2D eigenvalue weighted by Gasteiger charge is -2.36. The Kier molecular flexibility index (Phi) is 7.03. The highest BCUT2D eigenvalue weighted by molar-refractivity contribution is 5.63. The first kappa shape index (κ1) is 27.4. The van der Waals surface area contributed by atoms with Crippen LogP contribution < -0.4 is 24.3 Å². The Labute approximate surface area is 251 Å². The van der Waals surface area contributed by atoms with Crippen LogP contribution in [0.25, 0.3) is 0 Å². The van der Waals surface area contributed by atoms with Gasteiger partial charge in [-0.25, -0.2) is 0 Å². The van der Waals surface area contributed by atoms with Crippen molar-refractivity contribution in [2.45, 2.75) is 37.8 Å². The fourth-order valence-corrected chi connectivity index (χ4v) is 6.68. The molecule has 4 aliphatic rings. The van der Waals surface area contributed by atoms with Crippen LogP contribution in [0.2, 0.25) is 0 Å². The standard InChI is InChI=1S/C35H36N2O6/c1-37-13-11-23-18-32(41-3)34(39)35-33(23)27(37)15-20-4-7-24(8-5-20)42-29-16-21(6-9-28(29)38)14-26-25-19-31(43-35)30(40-2)17-22(25)10-12-36-26/h4-9,16-19,26-27,36,38-39H,10-15H2,1-3H3/t26-,27-/m0/s1. The SMILES string of the molecule is COc1cc2c3cc1Oc1c(O)c(OC)cc4c1[C@H](Cc1ccc(cc1)Oc1cc(ccc1O)C[C@@H]3NCC2)N(C)CC4. The number of likely N-dealkylation sites (N-methyl/N-ethyl adjacent to an activating group) is 1. The van der Waals surface area contributed by atoms with Crippen molar-refractivity contribution in [2.75, 3.05) is 34.4 Å². The van der Waals surface area contributed by atoms with Crippen molar-refractivity contribution in [3.05, 3.63) is 94.0 Å². The predicted molar refractivity (Wildman–Crippen MR) is 163 cm³/mol. The maximum atomic E-state index is 11.5. The first-order chi connectivity index (χ1) is 20.9. The number of hydrogen-bond donors (Lipinski definition) is 3. The molecular weight excluding hydrogens is 544 g/mol. The van der Waals surface area contributed by atoms with Crippen LogP contribution in [0.1, 0.15) is 45.5 Å². The predicted octanol–water partition coefficient (Wildman–Crippen LogP) is 6.21. The average molecular weight is 581 g/mol. The number of nitrogens with zero attached hydrogens (tertiary/aromatic N) is 1. The van der Waals surface area contributed by atoms with Gasteiger partial charge in [-0.15, -0.1) is 0 Å². The van der Waals surface area contributed by atoms with E-state index in [1.54, 1.807) is 20.3 Å². The van der Waals surface area contributed by atoms with Gasteiger partial charge in [0.2, 0.25) is 5.75 Å². The number of benzene rings is 4. The van der Waals surface area contributed by atoms with Crippen molar-refractivity contribution in [2.24, 2.45) is 0 Å². The molecule has 2 atom stereocenters. The van der Waals surface area contributed by atoms with Gasteiger partial charge in [-0.1, -0.05) is 18.2 Å². The molecule has 8 nitrogen and oxygen atoms in total. The van der Waals surface area contributed by atoms with Gasteiger partial charge < -0.3 is 34.5 Å². The number of ether oxygens (including phenoxy) is 4. The fourth-order valence-electron chi connectivity index (χ4n) is 6.68. The molecule has 0 aliphatic carbocycles. The smallest absolute Gasteiger partial charge is 0.201 e. The van der Waals surface area contributed by atoms with Gasteiger partial charge in [0, 0.05) is 24.2 Å². The molecule has 4 aromatic carbocycles. The summed E-state index contributed by atoms with van der Waals surface area (Å²) in [5, 5.41) is 25.8. The Bertz CT molecular complexity index is 1690. The zero-order chi connectivity index (χ0) is 29.7. The Hall–Kier alpha value is -4.40. The minimum absolute atomic E-state index is 0.000677. The first-order valence-corrected chi connectivity index (χ1v) is 14.8. The van der Waals surface area contributed by atoms with Crippen LogP contribution in [-0.2, 0) is 25.7 Å². The van der Waals surface area contributed by atoms with Crippen LogP contribution in [-0.4, -0.2) is 49.5 Å². The molecule has 0 fully saturated rings. The lowest BCUT2D eigenvalue weighted by molar-refractivity contribution is 0.221. The summed E-state index contributed by atoms with van der Waals surface area (Å²) in [6, 6.07) is 19.4. The molecule has 6 bridgehead atoms. The largest absolute Gasteiger partial charge is 0.504 e. The number of aromatic hydroxyl groups is 2. The van der Waals surface area contributed by atoms with Crippen LogP contribution in [0, 0.1) is 0 Å². The van der Waals surface area contributed by atoms with E-state index in [0.717, 1.165) is 53.7 Å². The maximum absolute atomic E-state index is 11.5. The number of methoxy groups -OCH3 is 2. The van der Waals surface area contributed by atoms with E-state index < -0.39 is 0 Å². The molecule has 0 aromatic heterocycles. The van der Waals surface area contributed by atoms with Gasteiger partial charge in [-0.3, -0.25) is 4.90 Å². The highest BCUT2D eigenvalue weighted by atomic mass is 16.5. The van der Waals surface area contributed by atoms with E-state index in [4.69, 9.17) is 18.9 Å². The zero-order valence-electron chi connectivity index (χ0n) is 24.6. The maximum Gasteiger partial charge on any atom is 0.201 e. The summed E-state index contributed by atoms with van der Waals surface area (Å²) in [4.78, 5) is 2.30. The second-order valence-corrected chi connectivity index (χ2v) is 11.6. The molecular formula is C35H36N2O6. The van der Waals surface area contributed by atoms with Crippen molar-refractivity contribution < 1.29 is 29.2 Å². The van der Waals surface area contributed by atoms with Gasteiger partial charge in [0.25, 0.3) is 0 Å². The molecule has 0 radical (unpaired) electrons. The number of rotatable bonds is 2. The molecule has 0 spiro atoms. The van der Waals surface area contributed by atoms with Crippen LogP contribution in [0.15, 0.2) is 60.7 Å². The number of phenols is 2. The van der Waals surface area contributed by atoms with E-state index in [1.165, 1.54) is 5.56 Å². The van der Waals surface area contributed by atoms with Gasteiger partial charge in [-0.2, -0.15) is 0 Å². The van der Waals surface area contributed by atoms with Gasteiger partial charge in [0.15, 0.2) is 34.5 Å². The quantitative estimate of drug-likeness (QED) is 0.258. The second kappa shape index (κ2) is 11.0. The van der Waals surface area contributed by atoms with Crippen LogP contribution in [0.4, 0.5) is 0 Å². The Morgan fingerprint density at radius 1 is 0.814 bits per heavy atom. The van der Waals surface area contributed by atoms with Crippen molar-refractivity contribution in [3.8, 4) is 46.0 Å². The number of fused-ring (bicyclic) bond motifs is 2. The second-order valence-electron chi connectivity index (χ2n) is 11.6. The highest BCUT2D eigenvalue weighted by Crippen LogP contribution is 2.51. The van der Waals surface area contributed by atoms with Gasteiger partial charge >= 0.3 is 0 Å². The Balaban J connectivity index is 1.44. The third-order valence-corrected chi connectivity index (χ3v) is 9.01. The van der Waals surface area contributed by atoms with Crippen LogP contribution in [0.5, 0.6) is 46.0 Å². The summed E-state index contributed by atoms with van der Waals surface area (Å²) in [5.74, 6) is 3.09. The average Bonchev–Trinajstić information content (AvgIpc) is 3.01. The molecule has 222 valence electrons. The molecule has 0 amide bonds. The van der Waals surface area contributed by atoms with Gasteiger partial charge in [0.05, 0.1) is 14.2 Å². The van der Waals surface area contributed by atoms with Crippen LogP contribution in [0.3, 0.4) is 0 Å². The number of nitrogens with one attached hydrogen (secondary N) is 1. The van der Waals surface area contributed by atoms with Crippen molar-refractivity contribution >= 4 is 0 Å². The molecule has 4 aliphatic heterocycles. The zero-order valence-corrected chi connectivity index (χ0v) is 24.6. The van der Waals surface area contributed by atoms with Crippen molar-refractivity contribution in [3.63, 3.8) is 0 Å². The third kappa shape index (κ3) is 5.00. The summed E-state index contributed by atoms with van der Waals surface area (Å²) in [6.45, 7) is 1.68. The van der Waals surface area contributed by atoms with E-state index >= 15 is 0 Å². The normalized spacial score (nSPS) is 19.3. The summed E-state index contributed by atoms with van der Waals surface area (Å²) in [7, 11) is 5.31. The fraction of sp³-hybridized carbons (Fsp3) is 0.314. The van der Waals surface area contributed by atoms with Crippen molar-refractivity contribution in [1.29, 1.82) is 0 Å². The Morgan fingerprint density at radius 3 is 2.37 bits per heavy atom. The van der Waals surface area contributed by atoms with Gasteiger partial charge in [0.1, 0.15) is 5.75 Å². The summed E-state index contributed by atoms with van der Waals surface area (Å²) >= 11 is 0. The lowest BCUT2D eigenvalue weighted by atomic mass is 9.87. The third-order valence-electron chi connectivity index (χ3n) is 9.01. The molecule has 0 saturated carbocycles. The molecule has 0 unspecified atom stereocenters. The van der Waals surface area contributed by atoms with E-state index in [1.807, 2.05) is 48.5 Å². The topological polar surface area (TPSA) is 92.7 Å². The minimum Gasteiger partial charge on any atom is -0.504 e. The van der Waals surface area contributed by atoms with E-state index in [0.29, 0.717) is 47.3 Å². The Morgan fingerprint density at radius 2 is 1.58 bits per heavy atom. The molecule has 8 rings (SSSR count). The van der Waals surface area contributed by atoms with E-state index in [2.05, 4.69) is 23.3 Å². The minimum atomic E-state index is -0.0556. The molecule has 4 aromatic rings. The first-order valence-electron chi connectivity index (χ1n) is 14.8. The molecule has 8 heteroatoms. The van der Waals surface area contributed by atoms with Gasteiger partial charge in [-0.05, 0) is 110 Å². The molecule has 3 N–H and O–H groups in total. The monoisotopic (exact) mass is 580 g/mol. The van der Waals surface area contributed by atoms with Crippen LogP contribution >= 0.6 is 0 Å². The molecule has 4 heterocycles. The number of hydrogen-bond acceptors (Lipinski definition) is 8. The van der Waals surface area contributed by atoms with Crippen molar-refractivity contribution in [1.82, 2.24) is 10.2 Å². The summed E-state index contributed by atoms with van der Waals surface area (Å²) < 4.78 is 24.4. The lowest BCUT2D eigenvalue weighted by Crippen LogP contribution is -2.34. The van der Waals surface area contributed by atoms with E-state index in [9.17, 15) is 10.2 Å². The van der Waals surface area contributed by atoms with E-state index in [-0.39, 0.29) is 23.6 Å². The summed E-state index contributed by atoms with van der Waals surface area (Å²) in [6.07, 6.45) is 3.03. The molecule has 0 saturated heterocycles. The highest BCUT2D eigenvalue weighted by Gasteiger charge is 2.33. The summed E-state index contributed by atoms with van der Waals surface area (Å²) in [5.41, 5.74) is 6.47. The number of phenolic OH excluding ortho intramolecular Hbond substituents is 2. The molecule has 43 heavy (non-hydrogen) atoms.